The zero-order valence-corrected chi connectivity index (χ0v) is 10.6. The second-order valence-electron chi connectivity index (χ2n) is 3.61. The van der Waals surface area contributed by atoms with Crippen LogP contribution in [0, 0.1) is 0 Å². The molecule has 1 heteroatoms. The van der Waals surface area contributed by atoms with E-state index in [2.05, 4.69) is 48.5 Å². The van der Waals surface area contributed by atoms with Gasteiger partial charge in [-0.05, 0) is 0 Å². The van der Waals surface area contributed by atoms with Crippen LogP contribution in [0.3, 0.4) is 0 Å². The molecule has 14 heavy (non-hydrogen) atoms. The van der Waals surface area contributed by atoms with Crippen LogP contribution in [0.5, 0.6) is 0 Å². The van der Waals surface area contributed by atoms with Crippen molar-refractivity contribution in [2.45, 2.75) is 3.93 Å². The summed E-state index contributed by atoms with van der Waals surface area (Å²) in [6.07, 6.45) is 0. The third-order valence-corrected chi connectivity index (χ3v) is 4.61. The number of hydrogen-bond acceptors (Lipinski definition) is 0. The van der Waals surface area contributed by atoms with E-state index in [1.807, 2.05) is 0 Å². The van der Waals surface area contributed by atoms with Gasteiger partial charge >= 0.3 is 97.2 Å². The average molecular weight is 284 g/mol. The summed E-state index contributed by atoms with van der Waals surface area (Å²) in [6.45, 7) is 0. The summed E-state index contributed by atoms with van der Waals surface area (Å²) >= 11 is 1.58. The van der Waals surface area contributed by atoms with E-state index >= 15 is 0 Å². The Hall–Kier alpha value is -0.761. The van der Waals surface area contributed by atoms with E-state index < -0.39 is 0 Å². The van der Waals surface area contributed by atoms with E-state index in [1.54, 1.807) is 22.5 Å². The third-order valence-electron chi connectivity index (χ3n) is 2.83. The molecule has 0 aromatic heterocycles. The van der Waals surface area contributed by atoms with Crippen molar-refractivity contribution in [3.63, 3.8) is 0 Å². The molecule has 0 aliphatic heterocycles. The molecule has 0 bridgehead atoms. The summed E-state index contributed by atoms with van der Waals surface area (Å²) in [6, 6.07) is 17.5. The van der Waals surface area contributed by atoms with Gasteiger partial charge in [0.05, 0.1) is 0 Å². The van der Waals surface area contributed by atoms with Crippen molar-refractivity contribution in [2.75, 3.05) is 0 Å². The van der Waals surface area contributed by atoms with Crippen molar-refractivity contribution in [1.29, 1.82) is 0 Å². The first kappa shape index (κ1) is 8.54. The molecule has 2 aromatic rings. The van der Waals surface area contributed by atoms with Gasteiger partial charge in [-0.1, -0.05) is 0 Å². The molecule has 3 radical (unpaired) electrons. The van der Waals surface area contributed by atoms with Crippen LogP contribution in [-0.4, -0.2) is 22.5 Å². The summed E-state index contributed by atoms with van der Waals surface area (Å²) < 4.78 is 0.648. The molecule has 0 atom stereocenters. The molecule has 0 unspecified atom stereocenters. The molecule has 1 aliphatic rings. The molecule has 0 amide bonds. The molecular formula is C13H9Sn. The fraction of sp³-hybridized carbons (Fsp3) is 0.0769. The van der Waals surface area contributed by atoms with Gasteiger partial charge in [0.2, 0.25) is 0 Å². The van der Waals surface area contributed by atoms with E-state index in [0.29, 0.717) is 3.93 Å². The van der Waals surface area contributed by atoms with Crippen molar-refractivity contribution in [3.05, 3.63) is 59.7 Å². The predicted octanol–water partition coefficient (Wildman–Crippen LogP) is 2.92. The Balaban J connectivity index is 2.36. The Bertz CT molecular complexity index is 443. The maximum atomic E-state index is 2.26. The molecule has 3 rings (SSSR count). The molecular weight excluding hydrogens is 275 g/mol. The summed E-state index contributed by atoms with van der Waals surface area (Å²) in [5.74, 6) is 0. The monoisotopic (exact) mass is 285 g/mol. The average Bonchev–Trinajstić information content (AvgIpc) is 2.55. The van der Waals surface area contributed by atoms with Crippen LogP contribution in [0.4, 0.5) is 0 Å². The normalized spacial score (nSPS) is 13.8. The number of hydrogen-bond donors (Lipinski definition) is 0. The van der Waals surface area contributed by atoms with Crippen LogP contribution < -0.4 is 0 Å². The van der Waals surface area contributed by atoms with E-state index in [-0.39, 0.29) is 0 Å². The van der Waals surface area contributed by atoms with Crippen LogP contribution >= 0.6 is 0 Å². The van der Waals surface area contributed by atoms with Crippen LogP contribution in [0.2, 0.25) is 0 Å². The molecule has 0 spiro atoms. The second-order valence-corrected chi connectivity index (χ2v) is 5.26. The van der Waals surface area contributed by atoms with E-state index in [4.69, 9.17) is 0 Å². The Morgan fingerprint density at radius 1 is 0.714 bits per heavy atom. The molecule has 1 aliphatic carbocycles. The van der Waals surface area contributed by atoms with Crippen LogP contribution in [0.25, 0.3) is 11.1 Å². The van der Waals surface area contributed by atoms with Gasteiger partial charge in [-0.25, -0.2) is 0 Å². The Labute approximate surface area is 97.1 Å². The number of fused-ring (bicyclic) bond motifs is 3. The Morgan fingerprint density at radius 2 is 1.14 bits per heavy atom. The summed E-state index contributed by atoms with van der Waals surface area (Å²) in [4.78, 5) is 0. The van der Waals surface area contributed by atoms with Gasteiger partial charge in [-0.2, -0.15) is 0 Å². The van der Waals surface area contributed by atoms with E-state index in [1.165, 1.54) is 22.3 Å². The summed E-state index contributed by atoms with van der Waals surface area (Å²) in [5.41, 5.74) is 5.88. The van der Waals surface area contributed by atoms with Crippen molar-refractivity contribution >= 4 is 22.5 Å². The summed E-state index contributed by atoms with van der Waals surface area (Å²) in [5, 5.41) is 0. The van der Waals surface area contributed by atoms with Gasteiger partial charge in [0.25, 0.3) is 0 Å². The van der Waals surface area contributed by atoms with Crippen LogP contribution in [0.15, 0.2) is 48.5 Å². The minimum absolute atomic E-state index is 0.648. The Morgan fingerprint density at radius 3 is 1.64 bits per heavy atom. The molecule has 2 aromatic carbocycles. The van der Waals surface area contributed by atoms with Crippen molar-refractivity contribution < 1.29 is 0 Å². The van der Waals surface area contributed by atoms with Crippen LogP contribution in [0.1, 0.15) is 15.1 Å². The zero-order valence-electron chi connectivity index (χ0n) is 7.70. The van der Waals surface area contributed by atoms with E-state index in [0.717, 1.165) is 0 Å². The first-order valence-electron chi connectivity index (χ1n) is 4.77. The fourth-order valence-corrected chi connectivity index (χ4v) is 3.59. The summed E-state index contributed by atoms with van der Waals surface area (Å²) in [7, 11) is 0. The predicted molar refractivity (Wildman–Crippen MR) is 59.5 cm³/mol. The molecule has 65 valence electrons. The molecule has 0 saturated carbocycles. The topological polar surface area (TPSA) is 0 Å². The van der Waals surface area contributed by atoms with Gasteiger partial charge in [-0.3, -0.25) is 0 Å². The molecule has 0 nitrogen and oxygen atoms in total. The Kier molecular flexibility index (Phi) is 1.91. The van der Waals surface area contributed by atoms with E-state index in [9.17, 15) is 0 Å². The van der Waals surface area contributed by atoms with Gasteiger partial charge in [-0.15, -0.1) is 0 Å². The first-order valence-corrected chi connectivity index (χ1v) is 6.42. The van der Waals surface area contributed by atoms with Crippen LogP contribution in [-0.2, 0) is 0 Å². The van der Waals surface area contributed by atoms with Crippen molar-refractivity contribution in [2.24, 2.45) is 0 Å². The third kappa shape index (κ3) is 1.07. The number of benzene rings is 2. The zero-order chi connectivity index (χ0) is 9.54. The fourth-order valence-electron chi connectivity index (χ4n) is 2.16. The van der Waals surface area contributed by atoms with Gasteiger partial charge in [0.1, 0.15) is 0 Å². The van der Waals surface area contributed by atoms with Gasteiger partial charge in [0, 0.05) is 0 Å². The SMILES string of the molecule is [Sn][CH]1c2ccccc2-c2ccccc21. The second kappa shape index (κ2) is 3.13. The maximum absolute atomic E-state index is 2.26. The minimum atomic E-state index is 0.648. The van der Waals surface area contributed by atoms with Crippen molar-refractivity contribution in [1.82, 2.24) is 0 Å². The first-order chi connectivity index (χ1) is 6.88. The van der Waals surface area contributed by atoms with Gasteiger partial charge < -0.3 is 0 Å². The quantitative estimate of drug-likeness (QED) is 0.652. The van der Waals surface area contributed by atoms with Crippen molar-refractivity contribution in [3.8, 4) is 11.1 Å². The molecule has 0 N–H and O–H groups in total. The van der Waals surface area contributed by atoms with Gasteiger partial charge in [0.15, 0.2) is 0 Å². The molecule has 0 saturated heterocycles. The molecule has 0 fully saturated rings. The molecule has 0 heterocycles. The standard InChI is InChI=1S/C13H9.Sn/c1-3-7-12-10(5-1)9-11-6-2-4-8-13(11)12;/h1-9H;. The number of rotatable bonds is 0.